The molecule has 4 nitrogen and oxygen atoms in total. The second-order valence-corrected chi connectivity index (χ2v) is 5.88. The summed E-state index contributed by atoms with van der Waals surface area (Å²) in [5.41, 5.74) is 8.76. The van der Waals surface area contributed by atoms with E-state index in [1.165, 1.54) is 0 Å². The number of hydrogen-bond acceptors (Lipinski definition) is 3. The van der Waals surface area contributed by atoms with Crippen LogP contribution in [0.15, 0.2) is 41.1 Å². The number of furan rings is 1. The van der Waals surface area contributed by atoms with Crippen LogP contribution in [0.3, 0.4) is 0 Å². The first-order valence-electron chi connectivity index (χ1n) is 6.82. The van der Waals surface area contributed by atoms with Crippen LogP contribution in [0, 0.1) is 0 Å². The van der Waals surface area contributed by atoms with Gasteiger partial charge in [-0.25, -0.2) is 4.98 Å². The summed E-state index contributed by atoms with van der Waals surface area (Å²) in [6.45, 7) is 4.06. The third-order valence-corrected chi connectivity index (χ3v) is 3.41. The van der Waals surface area contributed by atoms with Gasteiger partial charge < -0.3 is 15.1 Å². The van der Waals surface area contributed by atoms with Crippen LogP contribution in [0.2, 0.25) is 0 Å². The molecule has 1 aromatic carbocycles. The average molecular weight is 269 g/mol. The minimum absolute atomic E-state index is 0.171. The highest BCUT2D eigenvalue weighted by molar-refractivity contribution is 5.92. The lowest BCUT2D eigenvalue weighted by Crippen LogP contribution is -2.32. The molecule has 0 saturated carbocycles. The number of rotatable bonds is 4. The number of aromatic amines is 1. The van der Waals surface area contributed by atoms with Gasteiger partial charge in [0.1, 0.15) is 17.7 Å². The summed E-state index contributed by atoms with van der Waals surface area (Å²) in [6.07, 6.45) is 5.37. The van der Waals surface area contributed by atoms with Crippen molar-refractivity contribution in [2.24, 2.45) is 5.73 Å². The van der Waals surface area contributed by atoms with Gasteiger partial charge in [-0.15, -0.1) is 0 Å². The van der Waals surface area contributed by atoms with Gasteiger partial charge in [-0.3, -0.25) is 0 Å². The van der Waals surface area contributed by atoms with Crippen LogP contribution >= 0.6 is 0 Å². The molecule has 0 aliphatic rings. The van der Waals surface area contributed by atoms with Gasteiger partial charge in [-0.2, -0.15) is 0 Å². The lowest BCUT2D eigenvalue weighted by Gasteiger charge is -2.16. The molecule has 0 aliphatic carbocycles. The molecule has 3 aromatic rings. The largest absolute Gasteiger partial charge is 0.464 e. The van der Waals surface area contributed by atoms with Crippen molar-refractivity contribution < 1.29 is 4.42 Å². The number of nitrogens with two attached hydrogens (primary N) is 1. The van der Waals surface area contributed by atoms with E-state index in [0.717, 1.165) is 40.9 Å². The monoisotopic (exact) mass is 269 g/mol. The number of H-pyrrole nitrogens is 1. The molecule has 0 unspecified atom stereocenters. The zero-order chi connectivity index (χ0) is 14.2. The van der Waals surface area contributed by atoms with E-state index in [-0.39, 0.29) is 5.54 Å². The van der Waals surface area contributed by atoms with Crippen LogP contribution in [0.5, 0.6) is 0 Å². The number of fused-ring (bicyclic) bond motifs is 1. The van der Waals surface area contributed by atoms with Gasteiger partial charge in [0.15, 0.2) is 0 Å². The van der Waals surface area contributed by atoms with Crippen molar-refractivity contribution in [2.45, 2.75) is 32.2 Å². The van der Waals surface area contributed by atoms with Gasteiger partial charge >= 0.3 is 0 Å². The smallest absolute Gasteiger partial charge is 0.134 e. The molecule has 0 amide bonds. The summed E-state index contributed by atoms with van der Waals surface area (Å²) in [7, 11) is 0. The zero-order valence-electron chi connectivity index (χ0n) is 11.8. The molecule has 2 aromatic heterocycles. The maximum absolute atomic E-state index is 6.00. The third kappa shape index (κ3) is 2.60. The van der Waals surface area contributed by atoms with Gasteiger partial charge in [0.05, 0.1) is 11.9 Å². The molecule has 4 heteroatoms. The Hall–Kier alpha value is -2.07. The molecule has 0 atom stereocenters. The lowest BCUT2D eigenvalue weighted by molar-refractivity contribution is 0.472. The Morgan fingerprint density at radius 3 is 2.90 bits per heavy atom. The van der Waals surface area contributed by atoms with E-state index in [1.807, 2.05) is 38.2 Å². The topological polar surface area (TPSA) is 67.8 Å². The van der Waals surface area contributed by atoms with Gasteiger partial charge in [0.2, 0.25) is 0 Å². The minimum atomic E-state index is -0.171. The van der Waals surface area contributed by atoms with E-state index in [4.69, 9.17) is 10.2 Å². The van der Waals surface area contributed by atoms with Crippen molar-refractivity contribution in [3.05, 3.63) is 42.5 Å². The van der Waals surface area contributed by atoms with Crippen molar-refractivity contribution in [3.63, 3.8) is 0 Å². The van der Waals surface area contributed by atoms with Crippen LogP contribution in [-0.2, 0) is 6.42 Å². The number of aromatic nitrogens is 2. The second kappa shape index (κ2) is 4.80. The molecule has 0 saturated heterocycles. The Bertz CT molecular complexity index is 718. The molecule has 0 aliphatic heterocycles. The van der Waals surface area contributed by atoms with Gasteiger partial charge in [0.25, 0.3) is 0 Å². The first-order chi connectivity index (χ1) is 9.53. The number of aryl methyl sites for hydroxylation is 1. The average Bonchev–Trinajstić information content (AvgIpc) is 3.01. The van der Waals surface area contributed by atoms with Gasteiger partial charge in [0, 0.05) is 22.9 Å². The molecular formula is C16H19N3O. The summed E-state index contributed by atoms with van der Waals surface area (Å²) >= 11 is 0. The molecule has 0 bridgehead atoms. The highest BCUT2D eigenvalue weighted by atomic mass is 16.3. The quantitative estimate of drug-likeness (QED) is 0.761. The summed E-state index contributed by atoms with van der Waals surface area (Å²) < 4.78 is 5.56. The summed E-state index contributed by atoms with van der Waals surface area (Å²) in [5, 5.41) is 1.10. The van der Waals surface area contributed by atoms with Crippen molar-refractivity contribution in [2.75, 3.05) is 0 Å². The first kappa shape index (κ1) is 12.9. The summed E-state index contributed by atoms with van der Waals surface area (Å²) in [6, 6.07) is 8.00. The molecule has 0 fully saturated rings. The maximum Gasteiger partial charge on any atom is 0.134 e. The van der Waals surface area contributed by atoms with E-state index in [9.17, 15) is 0 Å². The Morgan fingerprint density at radius 2 is 2.10 bits per heavy atom. The molecule has 20 heavy (non-hydrogen) atoms. The van der Waals surface area contributed by atoms with E-state index < -0.39 is 0 Å². The summed E-state index contributed by atoms with van der Waals surface area (Å²) in [5.74, 6) is 0.962. The Balaban J connectivity index is 1.86. The standard InChI is InChI=1S/C16H19N3O/c1-16(2,17)8-7-15-18-9-13(19-15)12-10-20-14-6-4-3-5-11(12)14/h3-6,9-10H,7-8,17H2,1-2H3,(H,18,19). The first-order valence-corrected chi connectivity index (χ1v) is 6.82. The minimum Gasteiger partial charge on any atom is -0.464 e. The number of benzene rings is 1. The Labute approximate surface area is 118 Å². The van der Waals surface area contributed by atoms with E-state index in [2.05, 4.69) is 16.0 Å². The Morgan fingerprint density at radius 1 is 1.30 bits per heavy atom. The van der Waals surface area contributed by atoms with Crippen molar-refractivity contribution in [1.29, 1.82) is 0 Å². The Kier molecular flexibility index (Phi) is 3.10. The number of imidazole rings is 1. The summed E-state index contributed by atoms with van der Waals surface area (Å²) in [4.78, 5) is 7.78. The highest BCUT2D eigenvalue weighted by Crippen LogP contribution is 2.29. The maximum atomic E-state index is 6.00. The zero-order valence-corrected chi connectivity index (χ0v) is 11.8. The van der Waals surface area contributed by atoms with Crippen molar-refractivity contribution in [3.8, 4) is 11.3 Å². The van der Waals surface area contributed by atoms with Crippen molar-refractivity contribution >= 4 is 11.0 Å². The highest BCUT2D eigenvalue weighted by Gasteiger charge is 2.13. The van der Waals surface area contributed by atoms with Crippen LogP contribution in [0.25, 0.3) is 22.2 Å². The fourth-order valence-corrected chi connectivity index (χ4v) is 2.25. The molecule has 3 N–H and O–H groups in total. The van der Waals surface area contributed by atoms with Gasteiger partial charge in [-0.1, -0.05) is 18.2 Å². The van der Waals surface area contributed by atoms with Gasteiger partial charge in [-0.05, 0) is 26.3 Å². The molecule has 0 spiro atoms. The number of nitrogens with one attached hydrogen (secondary N) is 1. The normalized spacial score (nSPS) is 12.2. The number of nitrogens with zero attached hydrogens (tertiary/aromatic N) is 1. The van der Waals surface area contributed by atoms with Crippen molar-refractivity contribution in [1.82, 2.24) is 9.97 Å². The van der Waals surface area contributed by atoms with E-state index in [1.54, 1.807) is 6.26 Å². The predicted molar refractivity (Wildman–Crippen MR) is 80.4 cm³/mol. The van der Waals surface area contributed by atoms with Crippen LogP contribution in [0.4, 0.5) is 0 Å². The van der Waals surface area contributed by atoms with E-state index >= 15 is 0 Å². The molecule has 104 valence electrons. The second-order valence-electron chi connectivity index (χ2n) is 5.88. The fraction of sp³-hybridized carbons (Fsp3) is 0.312. The van der Waals surface area contributed by atoms with Crippen LogP contribution in [0.1, 0.15) is 26.1 Å². The SMILES string of the molecule is CC(C)(N)CCc1ncc(-c2coc3ccccc23)[nH]1. The number of para-hydroxylation sites is 1. The van der Waals surface area contributed by atoms with Crippen LogP contribution in [-0.4, -0.2) is 15.5 Å². The third-order valence-electron chi connectivity index (χ3n) is 3.41. The van der Waals surface area contributed by atoms with Crippen LogP contribution < -0.4 is 5.73 Å². The van der Waals surface area contributed by atoms with E-state index in [0.29, 0.717) is 0 Å². The fourth-order valence-electron chi connectivity index (χ4n) is 2.25. The molecule has 3 rings (SSSR count). The number of hydrogen-bond donors (Lipinski definition) is 2. The predicted octanol–water partition coefficient (Wildman–Crippen LogP) is 3.49. The lowest BCUT2D eigenvalue weighted by atomic mass is 10.0. The molecule has 2 heterocycles. The molecule has 0 radical (unpaired) electrons. The molecular weight excluding hydrogens is 250 g/mol.